The topological polar surface area (TPSA) is 96.7 Å². The Labute approximate surface area is 179 Å². The van der Waals surface area contributed by atoms with Crippen molar-refractivity contribution in [1.82, 2.24) is 4.31 Å². The molecular formula is C20H21BrN2O5S. The number of rotatable bonds is 8. The van der Waals surface area contributed by atoms with Crippen LogP contribution < -0.4 is 9.47 Å². The van der Waals surface area contributed by atoms with Gasteiger partial charge in [0.1, 0.15) is 0 Å². The molecule has 2 aromatic rings. The summed E-state index contributed by atoms with van der Waals surface area (Å²) in [7, 11) is -3.71. The van der Waals surface area contributed by atoms with Gasteiger partial charge in [0, 0.05) is 19.2 Å². The monoisotopic (exact) mass is 480 g/mol. The molecule has 0 bridgehead atoms. The molecule has 9 heteroatoms. The van der Waals surface area contributed by atoms with Crippen molar-refractivity contribution >= 4 is 31.9 Å². The van der Waals surface area contributed by atoms with Gasteiger partial charge in [-0.2, -0.15) is 9.57 Å². The molecule has 29 heavy (non-hydrogen) atoms. The third kappa shape index (κ3) is 5.15. The van der Waals surface area contributed by atoms with Gasteiger partial charge in [-0.15, -0.1) is 0 Å². The van der Waals surface area contributed by atoms with Crippen LogP contribution in [0.1, 0.15) is 36.7 Å². The van der Waals surface area contributed by atoms with Crippen molar-refractivity contribution in [3.05, 3.63) is 52.0 Å². The number of hydrogen-bond donors (Lipinski definition) is 0. The zero-order valence-electron chi connectivity index (χ0n) is 16.3. The van der Waals surface area contributed by atoms with E-state index in [1.165, 1.54) is 40.7 Å². The molecule has 0 radical (unpaired) electrons. The first-order valence-corrected chi connectivity index (χ1v) is 11.2. The van der Waals surface area contributed by atoms with Gasteiger partial charge >= 0.3 is 5.97 Å². The van der Waals surface area contributed by atoms with E-state index in [1.807, 2.05) is 6.07 Å². The standard InChI is InChI=1S/C20H21BrN2O5S/c1-4-23(5-2)29(25,26)16-9-7-8-15(12-16)20(24)28-19-17(21)10-14(13-22)11-18(19)27-6-3/h7-12H,4-6H2,1-3H3. The molecule has 0 aromatic heterocycles. The number of nitrogens with zero attached hydrogens (tertiary/aromatic N) is 2. The van der Waals surface area contributed by atoms with Crippen LogP contribution >= 0.6 is 15.9 Å². The van der Waals surface area contributed by atoms with E-state index in [4.69, 9.17) is 14.7 Å². The number of carbonyl (C=O) groups excluding carboxylic acids is 1. The minimum Gasteiger partial charge on any atom is -0.490 e. The molecule has 0 saturated heterocycles. The molecule has 0 heterocycles. The zero-order valence-corrected chi connectivity index (χ0v) is 18.7. The Hall–Kier alpha value is -2.41. The maximum Gasteiger partial charge on any atom is 0.343 e. The van der Waals surface area contributed by atoms with Gasteiger partial charge in [-0.25, -0.2) is 13.2 Å². The van der Waals surface area contributed by atoms with Gasteiger partial charge in [-0.3, -0.25) is 0 Å². The number of sulfonamides is 1. The lowest BCUT2D eigenvalue weighted by molar-refractivity contribution is 0.0727. The molecule has 7 nitrogen and oxygen atoms in total. The van der Waals surface area contributed by atoms with Crippen LogP contribution in [0.2, 0.25) is 0 Å². The highest BCUT2D eigenvalue weighted by atomic mass is 79.9. The highest BCUT2D eigenvalue weighted by molar-refractivity contribution is 9.10. The summed E-state index contributed by atoms with van der Waals surface area (Å²) in [6.45, 7) is 6.21. The van der Waals surface area contributed by atoms with Crippen molar-refractivity contribution in [2.75, 3.05) is 19.7 Å². The summed E-state index contributed by atoms with van der Waals surface area (Å²) in [5.74, 6) is -0.389. The van der Waals surface area contributed by atoms with Crippen LogP contribution in [0.25, 0.3) is 0 Å². The van der Waals surface area contributed by atoms with E-state index in [1.54, 1.807) is 20.8 Å². The smallest absolute Gasteiger partial charge is 0.343 e. The van der Waals surface area contributed by atoms with Crippen molar-refractivity contribution in [3.8, 4) is 17.6 Å². The van der Waals surface area contributed by atoms with E-state index >= 15 is 0 Å². The fourth-order valence-corrected chi connectivity index (χ4v) is 4.67. The van der Waals surface area contributed by atoms with Crippen LogP contribution in [0.15, 0.2) is 45.8 Å². The summed E-state index contributed by atoms with van der Waals surface area (Å²) in [6, 6.07) is 10.7. The highest BCUT2D eigenvalue weighted by Crippen LogP contribution is 2.37. The van der Waals surface area contributed by atoms with E-state index in [9.17, 15) is 13.2 Å². The van der Waals surface area contributed by atoms with Gasteiger partial charge in [0.15, 0.2) is 11.5 Å². The first-order valence-electron chi connectivity index (χ1n) is 8.97. The fraction of sp³-hybridized carbons (Fsp3) is 0.300. The minimum absolute atomic E-state index is 0.0135. The lowest BCUT2D eigenvalue weighted by atomic mass is 10.2. The highest BCUT2D eigenvalue weighted by Gasteiger charge is 2.24. The molecule has 0 fully saturated rings. The van der Waals surface area contributed by atoms with Crippen molar-refractivity contribution in [1.29, 1.82) is 5.26 Å². The molecule has 0 spiro atoms. The van der Waals surface area contributed by atoms with Crippen molar-refractivity contribution < 1.29 is 22.7 Å². The van der Waals surface area contributed by atoms with E-state index in [0.717, 1.165) is 0 Å². The lowest BCUT2D eigenvalue weighted by Crippen LogP contribution is -2.30. The number of esters is 1. The average Bonchev–Trinajstić information content (AvgIpc) is 2.71. The molecule has 0 aliphatic rings. The van der Waals surface area contributed by atoms with Crippen LogP contribution in [0.3, 0.4) is 0 Å². The molecule has 0 amide bonds. The Morgan fingerprint density at radius 1 is 1.17 bits per heavy atom. The fourth-order valence-electron chi connectivity index (χ4n) is 2.64. The second-order valence-corrected chi connectivity index (χ2v) is 8.63. The van der Waals surface area contributed by atoms with Crippen LogP contribution in [0, 0.1) is 11.3 Å². The normalized spacial score (nSPS) is 11.2. The van der Waals surface area contributed by atoms with E-state index in [-0.39, 0.29) is 22.0 Å². The van der Waals surface area contributed by atoms with Gasteiger partial charge in [0.05, 0.1) is 33.2 Å². The zero-order chi connectivity index (χ0) is 21.6. The molecule has 0 unspecified atom stereocenters. The third-order valence-corrected chi connectivity index (χ3v) is 6.68. The van der Waals surface area contributed by atoms with E-state index < -0.39 is 16.0 Å². The van der Waals surface area contributed by atoms with Crippen LogP contribution in [-0.2, 0) is 10.0 Å². The maximum atomic E-state index is 12.7. The second-order valence-electron chi connectivity index (χ2n) is 5.84. The van der Waals surface area contributed by atoms with Crippen molar-refractivity contribution in [3.63, 3.8) is 0 Å². The Morgan fingerprint density at radius 3 is 2.45 bits per heavy atom. The summed E-state index contributed by atoms with van der Waals surface area (Å²) in [4.78, 5) is 12.7. The van der Waals surface area contributed by atoms with Gasteiger partial charge in [-0.1, -0.05) is 19.9 Å². The predicted octanol–water partition coefficient (Wildman–Crippen LogP) is 3.97. The minimum atomic E-state index is -3.71. The maximum absolute atomic E-state index is 12.7. The van der Waals surface area contributed by atoms with Gasteiger partial charge < -0.3 is 9.47 Å². The molecule has 0 aliphatic carbocycles. The number of halogens is 1. The number of benzene rings is 2. The SMILES string of the molecule is CCOc1cc(C#N)cc(Br)c1OC(=O)c1cccc(S(=O)(=O)N(CC)CC)c1. The Kier molecular flexibility index (Phi) is 7.79. The van der Waals surface area contributed by atoms with Gasteiger partial charge in [0.25, 0.3) is 0 Å². The Balaban J connectivity index is 2.40. The third-order valence-electron chi connectivity index (χ3n) is 4.05. The molecule has 0 N–H and O–H groups in total. The summed E-state index contributed by atoms with van der Waals surface area (Å²) in [5.41, 5.74) is 0.421. The van der Waals surface area contributed by atoms with Crippen molar-refractivity contribution in [2.45, 2.75) is 25.7 Å². The largest absolute Gasteiger partial charge is 0.490 e. The molecule has 0 aliphatic heterocycles. The number of carbonyl (C=O) groups is 1. The molecular weight excluding hydrogens is 460 g/mol. The summed E-state index contributed by atoms with van der Waals surface area (Å²) in [6.07, 6.45) is 0. The molecule has 0 saturated carbocycles. The first kappa shape index (κ1) is 22.9. The molecule has 2 aromatic carbocycles. The van der Waals surface area contributed by atoms with Crippen LogP contribution in [0.5, 0.6) is 11.5 Å². The molecule has 2 rings (SSSR count). The van der Waals surface area contributed by atoms with Crippen LogP contribution in [-0.4, -0.2) is 38.4 Å². The first-order chi connectivity index (χ1) is 13.8. The number of hydrogen-bond acceptors (Lipinski definition) is 6. The summed E-state index contributed by atoms with van der Waals surface area (Å²) < 4.78 is 38.0. The summed E-state index contributed by atoms with van der Waals surface area (Å²) in [5, 5.41) is 9.10. The summed E-state index contributed by atoms with van der Waals surface area (Å²) >= 11 is 3.28. The predicted molar refractivity (Wildman–Crippen MR) is 112 cm³/mol. The molecule has 154 valence electrons. The van der Waals surface area contributed by atoms with Gasteiger partial charge in [-0.05, 0) is 47.1 Å². The quantitative estimate of drug-likeness (QED) is 0.418. The van der Waals surface area contributed by atoms with Crippen LogP contribution in [0.4, 0.5) is 0 Å². The molecule has 0 atom stereocenters. The van der Waals surface area contributed by atoms with Gasteiger partial charge in [0.2, 0.25) is 10.0 Å². The van der Waals surface area contributed by atoms with E-state index in [0.29, 0.717) is 29.7 Å². The van der Waals surface area contributed by atoms with E-state index in [2.05, 4.69) is 15.9 Å². The number of nitriles is 1. The Bertz CT molecular complexity index is 1040. The van der Waals surface area contributed by atoms with Crippen molar-refractivity contribution in [2.24, 2.45) is 0 Å². The number of ether oxygens (including phenoxy) is 2. The lowest BCUT2D eigenvalue weighted by Gasteiger charge is -2.18. The Morgan fingerprint density at radius 2 is 1.86 bits per heavy atom. The second kappa shape index (κ2) is 9.87. The average molecular weight is 481 g/mol.